The van der Waals surface area contributed by atoms with Gasteiger partial charge in [0.05, 0.1) is 0 Å². The normalized spacial score (nSPS) is 17.5. The van der Waals surface area contributed by atoms with Crippen molar-refractivity contribution in [3.8, 4) is 0 Å². The lowest BCUT2D eigenvalue weighted by atomic mass is 10.4. The Labute approximate surface area is 98.0 Å². The lowest BCUT2D eigenvalue weighted by molar-refractivity contribution is 0.938. The van der Waals surface area contributed by atoms with Crippen molar-refractivity contribution < 1.29 is 0 Å². The molecule has 1 aromatic rings. The Morgan fingerprint density at radius 3 is 2.93 bits per heavy atom. The minimum absolute atomic E-state index is 0.307. The number of hydrogen-bond acceptors (Lipinski definition) is 5. The molecule has 0 bridgehead atoms. The van der Waals surface area contributed by atoms with Gasteiger partial charge < -0.3 is 11.1 Å². The quantitative estimate of drug-likeness (QED) is 0.794. The summed E-state index contributed by atoms with van der Waals surface area (Å²) in [6.07, 6.45) is 6.05. The van der Waals surface area contributed by atoms with Gasteiger partial charge in [0, 0.05) is 11.3 Å². The van der Waals surface area contributed by atoms with E-state index in [9.17, 15) is 0 Å². The van der Waals surface area contributed by atoms with Crippen LogP contribution in [0, 0.1) is 0 Å². The number of nitrogens with zero attached hydrogens (tertiary/aromatic N) is 2. The zero-order valence-electron chi connectivity index (χ0n) is 8.46. The van der Waals surface area contributed by atoms with Crippen LogP contribution in [0.1, 0.15) is 12.8 Å². The third-order valence-electron chi connectivity index (χ3n) is 2.65. The molecule has 1 aromatic heterocycles. The molecule has 6 heteroatoms. The van der Waals surface area contributed by atoms with Crippen molar-refractivity contribution in [2.75, 3.05) is 23.9 Å². The fourth-order valence-corrected chi connectivity index (χ4v) is 2.21. The summed E-state index contributed by atoms with van der Waals surface area (Å²) in [4.78, 5) is 7.87. The Balaban J connectivity index is 2.02. The van der Waals surface area contributed by atoms with Crippen LogP contribution < -0.4 is 11.1 Å². The van der Waals surface area contributed by atoms with Gasteiger partial charge in [0.25, 0.3) is 0 Å². The second kappa shape index (κ2) is 4.06. The van der Waals surface area contributed by atoms with Gasteiger partial charge in [0.1, 0.15) is 12.0 Å². The van der Waals surface area contributed by atoms with Crippen molar-refractivity contribution in [3.05, 3.63) is 11.5 Å². The van der Waals surface area contributed by atoms with Gasteiger partial charge in [-0.3, -0.25) is 0 Å². The average molecular weight is 245 g/mol. The van der Waals surface area contributed by atoms with Crippen LogP contribution in [0.25, 0.3) is 0 Å². The minimum Gasteiger partial charge on any atom is -0.393 e. The molecule has 0 unspecified atom stereocenters. The van der Waals surface area contributed by atoms with E-state index < -0.39 is 0 Å². The van der Waals surface area contributed by atoms with Crippen molar-refractivity contribution in [1.29, 1.82) is 0 Å². The molecule has 1 heterocycles. The number of nitrogens with two attached hydrogens (primary N) is 1. The smallest absolute Gasteiger partial charge is 0.157 e. The number of nitrogen functional groups attached to an aromatic ring is 1. The molecule has 1 saturated carbocycles. The summed E-state index contributed by atoms with van der Waals surface area (Å²) >= 11 is 7.68. The first-order chi connectivity index (χ1) is 7.17. The first-order valence-electron chi connectivity index (χ1n) is 4.72. The Morgan fingerprint density at radius 2 is 2.33 bits per heavy atom. The standard InChI is InChI=1S/C9H13ClN4S/c1-15-9(2-3-9)4-12-8-6(11)7(10)13-5-14-8/h5H,2-4,11H2,1H3,(H,12,13,14). The Hall–Kier alpha value is -0.680. The van der Waals surface area contributed by atoms with Gasteiger partial charge in [-0.15, -0.1) is 0 Å². The Kier molecular flexibility index (Phi) is 2.93. The molecule has 0 spiro atoms. The van der Waals surface area contributed by atoms with Crippen LogP contribution in [0.5, 0.6) is 0 Å². The summed E-state index contributed by atoms with van der Waals surface area (Å²) in [5.41, 5.74) is 6.17. The molecule has 1 aliphatic rings. The van der Waals surface area contributed by atoms with Gasteiger partial charge in [-0.2, -0.15) is 11.8 Å². The highest BCUT2D eigenvalue weighted by Gasteiger charge is 2.41. The average Bonchev–Trinajstić information content (AvgIpc) is 3.01. The van der Waals surface area contributed by atoms with Gasteiger partial charge in [-0.05, 0) is 19.1 Å². The van der Waals surface area contributed by atoms with Gasteiger partial charge in [-0.1, -0.05) is 11.6 Å². The summed E-state index contributed by atoms with van der Waals surface area (Å²) < 4.78 is 0.379. The van der Waals surface area contributed by atoms with Crippen molar-refractivity contribution in [1.82, 2.24) is 9.97 Å². The maximum Gasteiger partial charge on any atom is 0.157 e. The molecular formula is C9H13ClN4S. The van der Waals surface area contributed by atoms with Crippen molar-refractivity contribution >= 4 is 34.9 Å². The number of anilines is 2. The number of rotatable bonds is 4. The number of aromatic nitrogens is 2. The first-order valence-corrected chi connectivity index (χ1v) is 6.32. The largest absolute Gasteiger partial charge is 0.393 e. The van der Waals surface area contributed by atoms with Crippen LogP contribution in [-0.4, -0.2) is 27.5 Å². The molecule has 1 aliphatic carbocycles. The van der Waals surface area contributed by atoms with E-state index >= 15 is 0 Å². The molecule has 0 saturated heterocycles. The third kappa shape index (κ3) is 2.29. The molecule has 4 nitrogen and oxygen atoms in total. The zero-order chi connectivity index (χ0) is 10.9. The molecule has 3 N–H and O–H groups in total. The summed E-state index contributed by atoms with van der Waals surface area (Å²) in [6.45, 7) is 0.881. The Bertz CT molecular complexity index is 367. The van der Waals surface area contributed by atoms with E-state index in [2.05, 4.69) is 21.5 Å². The van der Waals surface area contributed by atoms with Gasteiger partial charge in [0.15, 0.2) is 11.0 Å². The van der Waals surface area contributed by atoms with Crippen LogP contribution in [0.4, 0.5) is 11.5 Å². The van der Waals surface area contributed by atoms with Crippen LogP contribution in [-0.2, 0) is 0 Å². The van der Waals surface area contributed by atoms with Crippen LogP contribution in [0.2, 0.25) is 5.15 Å². The summed E-state index contributed by atoms with van der Waals surface area (Å²) in [5, 5.41) is 3.53. The molecule has 2 rings (SSSR count). The van der Waals surface area contributed by atoms with E-state index in [0.717, 1.165) is 6.54 Å². The van der Waals surface area contributed by atoms with E-state index in [-0.39, 0.29) is 0 Å². The molecular weight excluding hydrogens is 232 g/mol. The molecule has 0 aromatic carbocycles. The Morgan fingerprint density at radius 1 is 1.60 bits per heavy atom. The first kappa shape index (κ1) is 10.8. The second-order valence-electron chi connectivity index (χ2n) is 3.67. The van der Waals surface area contributed by atoms with Crippen molar-refractivity contribution in [2.45, 2.75) is 17.6 Å². The monoisotopic (exact) mass is 244 g/mol. The highest BCUT2D eigenvalue weighted by molar-refractivity contribution is 8.00. The fraction of sp³-hybridized carbons (Fsp3) is 0.556. The lowest BCUT2D eigenvalue weighted by Gasteiger charge is -2.14. The maximum atomic E-state index is 5.79. The molecule has 82 valence electrons. The van der Waals surface area contributed by atoms with Crippen LogP contribution in [0.15, 0.2) is 6.33 Å². The summed E-state index contributed by atoms with van der Waals surface area (Å²) in [6, 6.07) is 0. The highest BCUT2D eigenvalue weighted by atomic mass is 35.5. The number of nitrogens with one attached hydrogen (secondary N) is 1. The SMILES string of the molecule is CSC1(CNc2ncnc(Cl)c2N)CC1. The van der Waals surface area contributed by atoms with Gasteiger partial charge in [0.2, 0.25) is 0 Å². The molecule has 0 amide bonds. The predicted molar refractivity (Wildman–Crippen MR) is 65.4 cm³/mol. The van der Waals surface area contributed by atoms with E-state index in [0.29, 0.717) is 21.4 Å². The molecule has 15 heavy (non-hydrogen) atoms. The third-order valence-corrected chi connectivity index (χ3v) is 4.37. The maximum absolute atomic E-state index is 5.79. The zero-order valence-corrected chi connectivity index (χ0v) is 10.0. The number of halogens is 1. The topological polar surface area (TPSA) is 63.8 Å². The molecule has 0 atom stereocenters. The van der Waals surface area contributed by atoms with E-state index in [1.807, 2.05) is 11.8 Å². The van der Waals surface area contributed by atoms with E-state index in [1.54, 1.807) is 0 Å². The van der Waals surface area contributed by atoms with Crippen molar-refractivity contribution in [2.24, 2.45) is 0 Å². The van der Waals surface area contributed by atoms with E-state index in [4.69, 9.17) is 17.3 Å². The molecule has 0 aliphatic heterocycles. The van der Waals surface area contributed by atoms with Gasteiger partial charge in [-0.25, -0.2) is 9.97 Å². The number of hydrogen-bond donors (Lipinski definition) is 2. The predicted octanol–water partition coefficient (Wildman–Crippen LogP) is 2.02. The summed E-state index contributed by atoms with van der Waals surface area (Å²) in [7, 11) is 0. The fourth-order valence-electron chi connectivity index (χ4n) is 1.35. The molecule has 0 radical (unpaired) electrons. The van der Waals surface area contributed by atoms with Crippen LogP contribution in [0.3, 0.4) is 0 Å². The van der Waals surface area contributed by atoms with Crippen LogP contribution >= 0.6 is 23.4 Å². The lowest BCUT2D eigenvalue weighted by Crippen LogP contribution is -2.19. The van der Waals surface area contributed by atoms with Crippen molar-refractivity contribution in [3.63, 3.8) is 0 Å². The summed E-state index contributed by atoms with van der Waals surface area (Å²) in [5.74, 6) is 0.635. The number of thioether (sulfide) groups is 1. The highest BCUT2D eigenvalue weighted by Crippen LogP contribution is 2.47. The minimum atomic E-state index is 0.307. The second-order valence-corrected chi connectivity index (χ2v) is 5.30. The molecule has 1 fully saturated rings. The van der Waals surface area contributed by atoms with Gasteiger partial charge >= 0.3 is 0 Å². The van der Waals surface area contributed by atoms with E-state index in [1.165, 1.54) is 19.2 Å².